The van der Waals surface area contributed by atoms with E-state index in [0.29, 0.717) is 43.7 Å². The third kappa shape index (κ3) is 8.76. The Morgan fingerprint density at radius 3 is 2.67 bits per heavy atom. The van der Waals surface area contributed by atoms with E-state index in [1.165, 1.54) is 0 Å². The van der Waals surface area contributed by atoms with Gasteiger partial charge in [0.1, 0.15) is 6.04 Å². The van der Waals surface area contributed by atoms with Crippen LogP contribution in [0.3, 0.4) is 0 Å². The smallest absolute Gasteiger partial charge is 0.312 e. The lowest BCUT2D eigenvalue weighted by Gasteiger charge is -2.17. The Hall–Kier alpha value is -2.30. The van der Waals surface area contributed by atoms with Crippen molar-refractivity contribution in [2.75, 3.05) is 17.6 Å². The zero-order valence-corrected chi connectivity index (χ0v) is 15.8. The first-order valence-electron chi connectivity index (χ1n) is 8.54. The molecule has 1 aromatic rings. The number of hydrogen-bond acceptors (Lipinski definition) is 6. The van der Waals surface area contributed by atoms with Crippen molar-refractivity contribution in [3.05, 3.63) is 29.3 Å². The second-order valence-corrected chi connectivity index (χ2v) is 6.50. The first-order chi connectivity index (χ1) is 13.0. The molecule has 10 heteroatoms. The van der Waals surface area contributed by atoms with E-state index in [-0.39, 0.29) is 12.5 Å². The van der Waals surface area contributed by atoms with Gasteiger partial charge in [-0.15, -0.1) is 0 Å². The molecule has 4 amide bonds. The zero-order valence-electron chi connectivity index (χ0n) is 14.9. The van der Waals surface area contributed by atoms with Crippen molar-refractivity contribution in [3.63, 3.8) is 0 Å². The van der Waals surface area contributed by atoms with Gasteiger partial charge >= 0.3 is 6.03 Å². The SMILES string of the molecule is NC(=O)NCCCC(NC=O)C(=O)Nc1ccc(CO)c(CCCSO)c1. The third-order valence-electron chi connectivity index (χ3n) is 3.88. The number of benzene rings is 1. The predicted octanol–water partition coefficient (Wildman–Crippen LogP) is 0.819. The van der Waals surface area contributed by atoms with Crippen LogP contribution in [0.1, 0.15) is 30.4 Å². The van der Waals surface area contributed by atoms with Gasteiger partial charge in [0.05, 0.1) is 6.61 Å². The van der Waals surface area contributed by atoms with Crippen LogP contribution in [0, 0.1) is 0 Å². The summed E-state index contributed by atoms with van der Waals surface area (Å²) in [5.41, 5.74) is 7.17. The van der Waals surface area contributed by atoms with Gasteiger partial charge in [0, 0.05) is 18.0 Å². The number of hydrogen-bond donors (Lipinski definition) is 6. The van der Waals surface area contributed by atoms with Crippen LogP contribution >= 0.6 is 12.0 Å². The fourth-order valence-corrected chi connectivity index (χ4v) is 2.81. The number of rotatable bonds is 13. The summed E-state index contributed by atoms with van der Waals surface area (Å²) in [5.74, 6) is 0.196. The lowest BCUT2D eigenvalue weighted by Crippen LogP contribution is -2.40. The van der Waals surface area contributed by atoms with Gasteiger partial charge in [-0.05, 0) is 61.0 Å². The number of nitrogens with two attached hydrogens (primary N) is 1. The number of aryl methyl sites for hydroxylation is 1. The monoisotopic (exact) mass is 398 g/mol. The minimum atomic E-state index is -0.746. The molecule has 1 rings (SSSR count). The lowest BCUT2D eigenvalue weighted by molar-refractivity contribution is -0.121. The Morgan fingerprint density at radius 2 is 2.04 bits per heavy atom. The minimum absolute atomic E-state index is 0.113. The molecule has 1 unspecified atom stereocenters. The molecule has 9 nitrogen and oxygen atoms in total. The van der Waals surface area contributed by atoms with Gasteiger partial charge in [0.25, 0.3) is 0 Å². The first-order valence-corrected chi connectivity index (χ1v) is 9.49. The average Bonchev–Trinajstić information content (AvgIpc) is 2.64. The van der Waals surface area contributed by atoms with Crippen LogP contribution in [0.15, 0.2) is 18.2 Å². The maximum atomic E-state index is 12.4. The molecule has 0 saturated heterocycles. The van der Waals surface area contributed by atoms with Crippen LogP contribution in [0.2, 0.25) is 0 Å². The van der Waals surface area contributed by atoms with Crippen molar-refractivity contribution in [2.45, 2.75) is 38.3 Å². The van der Waals surface area contributed by atoms with Gasteiger partial charge in [-0.1, -0.05) is 6.07 Å². The van der Waals surface area contributed by atoms with Crippen molar-refractivity contribution in [3.8, 4) is 0 Å². The molecule has 7 N–H and O–H groups in total. The van der Waals surface area contributed by atoms with Gasteiger partial charge in [-0.2, -0.15) is 0 Å². The van der Waals surface area contributed by atoms with E-state index in [1.807, 2.05) is 0 Å². The molecule has 1 atom stereocenters. The van der Waals surface area contributed by atoms with E-state index in [4.69, 9.17) is 10.3 Å². The topological polar surface area (TPSA) is 154 Å². The Bertz CT molecular complexity index is 629. The molecule has 0 aliphatic heterocycles. The number of amides is 4. The van der Waals surface area contributed by atoms with Gasteiger partial charge in [0.2, 0.25) is 12.3 Å². The molecule has 1 aromatic carbocycles. The maximum absolute atomic E-state index is 12.4. The molecule has 0 fully saturated rings. The summed E-state index contributed by atoms with van der Waals surface area (Å²) in [5, 5.41) is 17.1. The summed E-state index contributed by atoms with van der Waals surface area (Å²) < 4.78 is 8.82. The quantitative estimate of drug-likeness (QED) is 0.164. The molecule has 0 spiro atoms. The molecular weight excluding hydrogens is 372 g/mol. The zero-order chi connectivity index (χ0) is 20.1. The summed E-state index contributed by atoms with van der Waals surface area (Å²) in [6.07, 6.45) is 2.64. The fraction of sp³-hybridized carbons (Fsp3) is 0.471. The van der Waals surface area contributed by atoms with Crippen molar-refractivity contribution in [1.29, 1.82) is 0 Å². The van der Waals surface area contributed by atoms with Gasteiger partial charge in [-0.3, -0.25) is 9.59 Å². The first kappa shape index (κ1) is 22.7. The Morgan fingerprint density at radius 1 is 1.26 bits per heavy atom. The summed E-state index contributed by atoms with van der Waals surface area (Å²) in [7, 11) is 0. The van der Waals surface area contributed by atoms with E-state index < -0.39 is 12.1 Å². The van der Waals surface area contributed by atoms with E-state index >= 15 is 0 Å². The number of urea groups is 1. The normalized spacial score (nSPS) is 11.5. The van der Waals surface area contributed by atoms with E-state index in [1.54, 1.807) is 18.2 Å². The molecule has 27 heavy (non-hydrogen) atoms. The van der Waals surface area contributed by atoms with E-state index in [9.17, 15) is 19.5 Å². The number of aliphatic hydroxyl groups excluding tert-OH is 1. The average molecular weight is 398 g/mol. The van der Waals surface area contributed by atoms with E-state index in [0.717, 1.165) is 29.6 Å². The number of anilines is 1. The fourth-order valence-electron chi connectivity index (χ4n) is 2.54. The van der Waals surface area contributed by atoms with Crippen LogP contribution < -0.4 is 21.7 Å². The maximum Gasteiger partial charge on any atom is 0.312 e. The van der Waals surface area contributed by atoms with Crippen molar-refractivity contribution in [1.82, 2.24) is 10.6 Å². The molecule has 0 radical (unpaired) electrons. The van der Waals surface area contributed by atoms with Gasteiger partial charge in [0.15, 0.2) is 0 Å². The predicted molar refractivity (Wildman–Crippen MR) is 104 cm³/mol. The highest BCUT2D eigenvalue weighted by Crippen LogP contribution is 2.19. The van der Waals surface area contributed by atoms with Crippen LogP contribution in [0.25, 0.3) is 0 Å². The summed E-state index contributed by atoms with van der Waals surface area (Å²) in [4.78, 5) is 33.8. The largest absolute Gasteiger partial charge is 0.392 e. The molecule has 0 aliphatic rings. The summed E-state index contributed by atoms with van der Waals surface area (Å²) in [6, 6.07) is 3.80. The molecule has 0 aliphatic carbocycles. The van der Waals surface area contributed by atoms with Crippen LogP contribution in [-0.4, -0.2) is 46.3 Å². The Kier molecular flexibility index (Phi) is 10.9. The highest BCUT2D eigenvalue weighted by molar-refractivity contribution is 7.93. The van der Waals surface area contributed by atoms with Crippen LogP contribution in [-0.2, 0) is 22.6 Å². The Balaban J connectivity index is 2.71. The number of carbonyl (C=O) groups is 3. The van der Waals surface area contributed by atoms with Gasteiger partial charge < -0.3 is 31.3 Å². The highest BCUT2D eigenvalue weighted by atomic mass is 32.2. The lowest BCUT2D eigenvalue weighted by atomic mass is 10.0. The Labute approximate surface area is 162 Å². The highest BCUT2D eigenvalue weighted by Gasteiger charge is 2.18. The van der Waals surface area contributed by atoms with Crippen molar-refractivity contribution < 1.29 is 24.0 Å². The molecule has 0 aromatic heterocycles. The van der Waals surface area contributed by atoms with E-state index in [2.05, 4.69) is 16.0 Å². The molecule has 0 bridgehead atoms. The number of aliphatic hydroxyl groups is 1. The molecule has 0 heterocycles. The second kappa shape index (κ2) is 13.0. The number of primary amides is 1. The summed E-state index contributed by atoms with van der Waals surface area (Å²) in [6.45, 7) is 0.190. The standard InChI is InChI=1S/C17H26N4O5S/c18-17(25)19-7-1-4-15(20-11-23)16(24)21-14-6-5-13(10-22)12(9-14)3-2-8-27-26/h5-6,9,11,15,22,26H,1-4,7-8,10H2,(H,20,23)(H,21,24)(H3,18,19,25). The second-order valence-electron chi connectivity index (χ2n) is 5.84. The summed E-state index contributed by atoms with van der Waals surface area (Å²) >= 11 is 0.762. The number of nitrogens with one attached hydrogen (secondary N) is 3. The third-order valence-corrected chi connectivity index (χ3v) is 4.35. The number of carbonyl (C=O) groups excluding carboxylic acids is 3. The molecule has 150 valence electrons. The minimum Gasteiger partial charge on any atom is -0.392 e. The molecule has 0 saturated carbocycles. The van der Waals surface area contributed by atoms with Crippen LogP contribution in [0.5, 0.6) is 0 Å². The van der Waals surface area contributed by atoms with Crippen molar-refractivity contribution >= 4 is 36.1 Å². The van der Waals surface area contributed by atoms with Crippen LogP contribution in [0.4, 0.5) is 10.5 Å². The van der Waals surface area contributed by atoms with Crippen molar-refractivity contribution in [2.24, 2.45) is 5.73 Å². The van der Waals surface area contributed by atoms with Gasteiger partial charge in [-0.25, -0.2) is 4.79 Å². The molecular formula is C17H26N4O5S.